The highest BCUT2D eigenvalue weighted by Crippen LogP contribution is 2.27. The predicted octanol–water partition coefficient (Wildman–Crippen LogP) is 2.15. The number of ketones is 2. The molecule has 1 atom stereocenters. The molecule has 0 radical (unpaired) electrons. The van der Waals surface area contributed by atoms with Crippen LogP contribution in [0.1, 0.15) is 30.9 Å². The van der Waals surface area contributed by atoms with Gasteiger partial charge in [-0.2, -0.15) is 0 Å². The normalized spacial score (nSPS) is 12.2. The van der Waals surface area contributed by atoms with Crippen LogP contribution in [0.4, 0.5) is 0 Å². The minimum atomic E-state index is -0.951. The number of nitrogens with zero attached hydrogens (tertiary/aromatic N) is 1. The summed E-state index contributed by atoms with van der Waals surface area (Å²) < 4.78 is 0. The van der Waals surface area contributed by atoms with E-state index in [1.807, 2.05) is 19.1 Å². The maximum absolute atomic E-state index is 11.6. The number of hydrogen-bond acceptors (Lipinski definition) is 4. The largest absolute Gasteiger partial charge is 0.299 e. The summed E-state index contributed by atoms with van der Waals surface area (Å²) in [6.45, 7) is 4.08. The molecule has 0 amide bonds. The van der Waals surface area contributed by atoms with Crippen LogP contribution in [0.3, 0.4) is 0 Å². The monoisotopic (exact) mass is 263 g/mol. The Hall–Kier alpha value is -2.04. The summed E-state index contributed by atoms with van der Waals surface area (Å²) in [5.74, 6) is -2.32. The second kappa shape index (κ2) is 6.22. The van der Waals surface area contributed by atoms with Crippen LogP contribution in [0.2, 0.25) is 0 Å². The van der Waals surface area contributed by atoms with Crippen LogP contribution >= 0.6 is 0 Å². The second-order valence-electron chi connectivity index (χ2n) is 4.73. The number of hydrogen-bond donors (Lipinski definition) is 0. The highest BCUT2D eigenvalue weighted by molar-refractivity contribution is 6.01. The molecule has 0 aliphatic heterocycles. The summed E-state index contributed by atoms with van der Waals surface area (Å²) in [7, 11) is 0. The van der Waals surface area contributed by atoms with E-state index in [1.165, 1.54) is 13.8 Å². The Labute approximate surface area is 111 Å². The Morgan fingerprint density at radius 2 is 1.63 bits per heavy atom. The van der Waals surface area contributed by atoms with Gasteiger partial charge in [-0.25, -0.2) is 0 Å². The zero-order valence-electron chi connectivity index (χ0n) is 11.3. The Bertz CT molecular complexity index is 479. The van der Waals surface area contributed by atoms with Crippen LogP contribution in [-0.4, -0.2) is 23.0 Å². The molecule has 0 bridgehead atoms. The summed E-state index contributed by atoms with van der Waals surface area (Å²) in [6, 6.07) is 7.12. The van der Waals surface area contributed by atoms with Gasteiger partial charge in [-0.15, -0.1) is 0 Å². The molecule has 0 aliphatic rings. The van der Waals surface area contributed by atoms with Gasteiger partial charge in [0.15, 0.2) is 0 Å². The van der Waals surface area contributed by atoms with Crippen LogP contribution in [0.25, 0.3) is 0 Å². The molecule has 0 saturated carbocycles. The van der Waals surface area contributed by atoms with Gasteiger partial charge in [0.05, 0.1) is 11.8 Å². The van der Waals surface area contributed by atoms with Gasteiger partial charge in [0, 0.05) is 4.92 Å². The minimum absolute atomic E-state index is 0.333. The first kappa shape index (κ1) is 15.0. The van der Waals surface area contributed by atoms with E-state index in [2.05, 4.69) is 0 Å². The molecule has 1 unspecified atom stereocenters. The molecule has 0 heterocycles. The summed E-state index contributed by atoms with van der Waals surface area (Å²) in [5, 5.41) is 10.8. The van der Waals surface area contributed by atoms with Crippen molar-refractivity contribution >= 4 is 11.6 Å². The van der Waals surface area contributed by atoms with E-state index in [0.29, 0.717) is 5.56 Å². The molecule has 1 aromatic rings. The van der Waals surface area contributed by atoms with Crippen molar-refractivity contribution in [1.29, 1.82) is 0 Å². The third kappa shape index (κ3) is 3.98. The van der Waals surface area contributed by atoms with Gasteiger partial charge in [0.2, 0.25) is 6.54 Å². The number of carbonyl (C=O) groups is 2. The Morgan fingerprint density at radius 3 is 2.00 bits per heavy atom. The van der Waals surface area contributed by atoms with Crippen molar-refractivity contribution in [2.75, 3.05) is 6.54 Å². The lowest BCUT2D eigenvalue weighted by atomic mass is 9.81. The Morgan fingerprint density at radius 1 is 1.16 bits per heavy atom. The molecular formula is C14H17NO4. The number of rotatable bonds is 6. The lowest BCUT2D eigenvalue weighted by Crippen LogP contribution is -2.31. The molecule has 0 aliphatic carbocycles. The highest BCUT2D eigenvalue weighted by Gasteiger charge is 2.34. The van der Waals surface area contributed by atoms with Gasteiger partial charge in [-0.3, -0.25) is 19.7 Å². The van der Waals surface area contributed by atoms with Crippen LogP contribution in [0.15, 0.2) is 24.3 Å². The Balaban J connectivity index is 3.19. The van der Waals surface area contributed by atoms with E-state index in [4.69, 9.17) is 0 Å². The van der Waals surface area contributed by atoms with Crippen molar-refractivity contribution in [1.82, 2.24) is 0 Å². The summed E-state index contributed by atoms with van der Waals surface area (Å²) in [5.41, 5.74) is 1.67. The number of benzene rings is 1. The summed E-state index contributed by atoms with van der Waals surface area (Å²) >= 11 is 0. The second-order valence-corrected chi connectivity index (χ2v) is 4.73. The fourth-order valence-corrected chi connectivity index (χ4v) is 2.23. The van der Waals surface area contributed by atoms with E-state index in [9.17, 15) is 19.7 Å². The lowest BCUT2D eigenvalue weighted by molar-refractivity contribution is -0.484. The average molecular weight is 263 g/mol. The first-order valence-electron chi connectivity index (χ1n) is 6.02. The van der Waals surface area contributed by atoms with Crippen molar-refractivity contribution in [3.8, 4) is 0 Å². The summed E-state index contributed by atoms with van der Waals surface area (Å²) in [6.07, 6.45) is 0. The highest BCUT2D eigenvalue weighted by atomic mass is 16.6. The average Bonchev–Trinajstić information content (AvgIpc) is 2.27. The summed E-state index contributed by atoms with van der Waals surface area (Å²) in [4.78, 5) is 33.5. The first-order chi connectivity index (χ1) is 8.82. The molecule has 102 valence electrons. The minimum Gasteiger partial charge on any atom is -0.299 e. The fourth-order valence-electron chi connectivity index (χ4n) is 2.23. The third-order valence-corrected chi connectivity index (χ3v) is 3.13. The van der Waals surface area contributed by atoms with Crippen molar-refractivity contribution in [2.45, 2.75) is 26.7 Å². The predicted molar refractivity (Wildman–Crippen MR) is 70.6 cm³/mol. The maximum Gasteiger partial charge on any atom is 0.211 e. The topological polar surface area (TPSA) is 77.3 Å². The van der Waals surface area contributed by atoms with Crippen molar-refractivity contribution in [2.24, 2.45) is 5.92 Å². The van der Waals surface area contributed by atoms with Crippen LogP contribution in [-0.2, 0) is 9.59 Å². The number of aryl methyl sites for hydroxylation is 1. The molecule has 5 heteroatoms. The number of carbonyl (C=O) groups excluding carboxylic acids is 2. The molecule has 0 N–H and O–H groups in total. The third-order valence-electron chi connectivity index (χ3n) is 3.13. The van der Waals surface area contributed by atoms with Gasteiger partial charge in [0.25, 0.3) is 0 Å². The molecular weight excluding hydrogens is 246 g/mol. The van der Waals surface area contributed by atoms with E-state index < -0.39 is 23.3 Å². The van der Waals surface area contributed by atoms with E-state index >= 15 is 0 Å². The van der Waals surface area contributed by atoms with Crippen LogP contribution in [0.5, 0.6) is 0 Å². The van der Waals surface area contributed by atoms with E-state index in [0.717, 1.165) is 5.56 Å². The van der Waals surface area contributed by atoms with Crippen molar-refractivity contribution in [3.63, 3.8) is 0 Å². The molecule has 5 nitrogen and oxygen atoms in total. The first-order valence-corrected chi connectivity index (χ1v) is 6.02. The van der Waals surface area contributed by atoms with Crippen LogP contribution < -0.4 is 0 Å². The lowest BCUT2D eigenvalue weighted by Gasteiger charge is -2.20. The van der Waals surface area contributed by atoms with Gasteiger partial charge in [-0.1, -0.05) is 29.8 Å². The number of nitro groups is 1. The molecule has 0 spiro atoms. The van der Waals surface area contributed by atoms with Crippen molar-refractivity contribution in [3.05, 3.63) is 45.5 Å². The van der Waals surface area contributed by atoms with Gasteiger partial charge >= 0.3 is 0 Å². The van der Waals surface area contributed by atoms with Crippen LogP contribution in [0, 0.1) is 23.0 Å². The molecule has 0 fully saturated rings. The quantitative estimate of drug-likeness (QED) is 0.447. The molecule has 1 rings (SSSR count). The van der Waals surface area contributed by atoms with E-state index in [1.54, 1.807) is 12.1 Å². The fraction of sp³-hybridized carbons (Fsp3) is 0.429. The van der Waals surface area contributed by atoms with Gasteiger partial charge < -0.3 is 0 Å². The SMILES string of the molecule is CC(=O)C(C(C)=O)C(C[N+](=O)[O-])c1ccc(C)cc1. The smallest absolute Gasteiger partial charge is 0.211 e. The molecule has 0 saturated heterocycles. The Kier molecular flexibility index (Phi) is 4.92. The molecule has 1 aromatic carbocycles. The molecule has 0 aromatic heterocycles. The molecule has 19 heavy (non-hydrogen) atoms. The van der Waals surface area contributed by atoms with Gasteiger partial charge in [-0.05, 0) is 26.3 Å². The zero-order chi connectivity index (χ0) is 14.6. The zero-order valence-corrected chi connectivity index (χ0v) is 11.3. The number of Topliss-reactive ketones (excluding diaryl/α,β-unsaturated/α-hetero) is 2. The van der Waals surface area contributed by atoms with E-state index in [-0.39, 0.29) is 11.6 Å². The standard InChI is InChI=1S/C14H17NO4/c1-9-4-6-12(7-5-9)13(8-15(18)19)14(10(2)16)11(3)17/h4-7,13-14H,8H2,1-3H3. The van der Waals surface area contributed by atoms with Crippen molar-refractivity contribution < 1.29 is 14.5 Å². The van der Waals surface area contributed by atoms with Gasteiger partial charge in [0.1, 0.15) is 11.6 Å². The maximum atomic E-state index is 11.6.